The first kappa shape index (κ1) is 13.3. The minimum Gasteiger partial charge on any atom is -0.481 e. The summed E-state index contributed by atoms with van der Waals surface area (Å²) in [5.41, 5.74) is 0. The van der Waals surface area contributed by atoms with E-state index < -0.39 is 11.9 Å². The standard InChI is InChI=1S/C10H17NO4S/c1-8(10(13)14)6-16-7-9(12)11-2-4-15-5-3-11/h8H,2-7H2,1H3,(H,13,14). The Hall–Kier alpha value is -0.750. The number of ether oxygens (including phenoxy) is 1. The highest BCUT2D eigenvalue weighted by Gasteiger charge is 2.17. The molecule has 0 aliphatic carbocycles. The largest absolute Gasteiger partial charge is 0.481 e. The first-order chi connectivity index (χ1) is 7.61. The Labute approximate surface area is 99.1 Å². The Bertz CT molecular complexity index is 253. The lowest BCUT2D eigenvalue weighted by molar-refractivity contribution is -0.140. The van der Waals surface area contributed by atoms with Gasteiger partial charge in [0.25, 0.3) is 0 Å². The van der Waals surface area contributed by atoms with Gasteiger partial charge in [0.05, 0.1) is 24.9 Å². The summed E-state index contributed by atoms with van der Waals surface area (Å²) in [6.45, 7) is 4.14. The second-order valence-corrected chi connectivity index (χ2v) is 4.78. The SMILES string of the molecule is CC(CSCC(=O)N1CCOCC1)C(=O)O. The molecule has 1 unspecified atom stereocenters. The number of carboxylic acid groups (broad SMARTS) is 1. The lowest BCUT2D eigenvalue weighted by atomic mass is 10.2. The summed E-state index contributed by atoms with van der Waals surface area (Å²) in [7, 11) is 0. The third kappa shape index (κ3) is 4.40. The Morgan fingerprint density at radius 2 is 2.06 bits per heavy atom. The zero-order valence-corrected chi connectivity index (χ0v) is 10.2. The van der Waals surface area contributed by atoms with E-state index in [2.05, 4.69) is 0 Å². The highest BCUT2D eigenvalue weighted by atomic mass is 32.2. The van der Waals surface area contributed by atoms with Crippen LogP contribution >= 0.6 is 11.8 Å². The van der Waals surface area contributed by atoms with Gasteiger partial charge in [-0.05, 0) is 0 Å². The number of carbonyl (C=O) groups is 2. The van der Waals surface area contributed by atoms with Crippen molar-refractivity contribution in [2.75, 3.05) is 37.8 Å². The number of amides is 1. The number of carbonyl (C=O) groups excluding carboxylic acids is 1. The predicted octanol–water partition coefficient (Wildman–Crippen LogP) is 0.299. The molecule has 16 heavy (non-hydrogen) atoms. The maximum Gasteiger partial charge on any atom is 0.307 e. The van der Waals surface area contributed by atoms with Crippen LogP contribution in [0.5, 0.6) is 0 Å². The summed E-state index contributed by atoms with van der Waals surface area (Å²) in [6.07, 6.45) is 0. The molecule has 5 nitrogen and oxygen atoms in total. The van der Waals surface area contributed by atoms with E-state index in [0.717, 1.165) is 0 Å². The van der Waals surface area contributed by atoms with Crippen LogP contribution in [0.15, 0.2) is 0 Å². The second-order valence-electron chi connectivity index (χ2n) is 3.75. The van der Waals surface area contributed by atoms with Gasteiger partial charge < -0.3 is 14.7 Å². The molecule has 0 aromatic rings. The van der Waals surface area contributed by atoms with Gasteiger partial charge in [0.15, 0.2) is 0 Å². The average Bonchev–Trinajstić information content (AvgIpc) is 2.29. The van der Waals surface area contributed by atoms with Crippen molar-refractivity contribution in [2.45, 2.75) is 6.92 Å². The molecule has 1 aliphatic heterocycles. The van der Waals surface area contributed by atoms with Gasteiger partial charge in [-0.1, -0.05) is 6.92 Å². The molecule has 6 heteroatoms. The third-order valence-corrected chi connectivity index (χ3v) is 3.57. The van der Waals surface area contributed by atoms with Crippen molar-refractivity contribution in [3.05, 3.63) is 0 Å². The zero-order chi connectivity index (χ0) is 12.0. The lowest BCUT2D eigenvalue weighted by Crippen LogP contribution is -2.41. The molecule has 1 amide bonds. The fourth-order valence-electron chi connectivity index (χ4n) is 1.30. The molecule has 0 aromatic carbocycles. The van der Waals surface area contributed by atoms with Crippen LogP contribution < -0.4 is 0 Å². The van der Waals surface area contributed by atoms with Gasteiger partial charge in [-0.2, -0.15) is 11.8 Å². The van der Waals surface area contributed by atoms with E-state index in [1.807, 2.05) is 0 Å². The monoisotopic (exact) mass is 247 g/mol. The fourth-order valence-corrected chi connectivity index (χ4v) is 2.27. The van der Waals surface area contributed by atoms with Gasteiger partial charge in [0.1, 0.15) is 0 Å². The van der Waals surface area contributed by atoms with Crippen LogP contribution in [0.3, 0.4) is 0 Å². The quantitative estimate of drug-likeness (QED) is 0.757. The molecule has 0 radical (unpaired) electrons. The summed E-state index contributed by atoms with van der Waals surface area (Å²) in [5.74, 6) is -0.303. The van der Waals surface area contributed by atoms with Crippen molar-refractivity contribution in [1.82, 2.24) is 4.90 Å². The minimum atomic E-state index is -0.814. The van der Waals surface area contributed by atoms with Crippen LogP contribution in [0.25, 0.3) is 0 Å². The van der Waals surface area contributed by atoms with Crippen molar-refractivity contribution in [3.8, 4) is 0 Å². The number of thioether (sulfide) groups is 1. The van der Waals surface area contributed by atoms with Crippen LogP contribution in [0.2, 0.25) is 0 Å². The average molecular weight is 247 g/mol. The van der Waals surface area contributed by atoms with Gasteiger partial charge in [-0.3, -0.25) is 9.59 Å². The summed E-state index contributed by atoms with van der Waals surface area (Å²) in [4.78, 5) is 24.0. The van der Waals surface area contributed by atoms with E-state index in [-0.39, 0.29) is 5.91 Å². The smallest absolute Gasteiger partial charge is 0.307 e. The first-order valence-electron chi connectivity index (χ1n) is 5.27. The number of nitrogens with zero attached hydrogens (tertiary/aromatic N) is 1. The minimum absolute atomic E-state index is 0.0749. The summed E-state index contributed by atoms with van der Waals surface area (Å²) >= 11 is 1.38. The summed E-state index contributed by atoms with van der Waals surface area (Å²) in [5, 5.41) is 8.67. The van der Waals surface area contributed by atoms with Crippen LogP contribution in [-0.2, 0) is 14.3 Å². The normalized spacial score (nSPS) is 18.2. The van der Waals surface area contributed by atoms with Crippen LogP contribution in [-0.4, -0.2) is 59.7 Å². The zero-order valence-electron chi connectivity index (χ0n) is 9.35. The molecular formula is C10H17NO4S. The van der Waals surface area contributed by atoms with Crippen LogP contribution in [0.4, 0.5) is 0 Å². The Balaban J connectivity index is 2.16. The van der Waals surface area contributed by atoms with Gasteiger partial charge in [-0.25, -0.2) is 0 Å². The summed E-state index contributed by atoms with van der Waals surface area (Å²) in [6, 6.07) is 0. The van der Waals surface area contributed by atoms with Gasteiger partial charge in [-0.15, -0.1) is 0 Å². The van der Waals surface area contributed by atoms with E-state index in [0.29, 0.717) is 37.8 Å². The topological polar surface area (TPSA) is 66.8 Å². The molecule has 0 spiro atoms. The van der Waals surface area contributed by atoms with Crippen molar-refractivity contribution in [1.29, 1.82) is 0 Å². The molecule has 1 aliphatic rings. The molecule has 1 heterocycles. The highest BCUT2D eigenvalue weighted by Crippen LogP contribution is 2.10. The summed E-state index contributed by atoms with van der Waals surface area (Å²) < 4.78 is 5.15. The van der Waals surface area contributed by atoms with Gasteiger partial charge >= 0.3 is 5.97 Å². The number of aliphatic carboxylic acids is 1. The Kier molecular flexibility index (Phi) is 5.62. The van der Waals surface area contributed by atoms with E-state index in [4.69, 9.17) is 9.84 Å². The van der Waals surface area contributed by atoms with Crippen molar-refractivity contribution in [2.24, 2.45) is 5.92 Å². The number of carboxylic acids is 1. The van der Waals surface area contributed by atoms with Crippen molar-refractivity contribution < 1.29 is 19.4 Å². The van der Waals surface area contributed by atoms with Crippen LogP contribution in [0.1, 0.15) is 6.92 Å². The number of morpholine rings is 1. The maximum absolute atomic E-state index is 11.7. The molecule has 0 bridgehead atoms. The molecule has 1 saturated heterocycles. The Morgan fingerprint density at radius 1 is 1.44 bits per heavy atom. The highest BCUT2D eigenvalue weighted by molar-refractivity contribution is 7.99. The number of hydrogen-bond donors (Lipinski definition) is 1. The fraction of sp³-hybridized carbons (Fsp3) is 0.800. The van der Waals surface area contributed by atoms with E-state index >= 15 is 0 Å². The molecular weight excluding hydrogens is 230 g/mol. The third-order valence-electron chi connectivity index (χ3n) is 2.38. The van der Waals surface area contributed by atoms with E-state index in [9.17, 15) is 9.59 Å². The number of hydrogen-bond acceptors (Lipinski definition) is 4. The molecule has 0 saturated carbocycles. The first-order valence-corrected chi connectivity index (χ1v) is 6.43. The van der Waals surface area contributed by atoms with Crippen LogP contribution in [0, 0.1) is 5.92 Å². The lowest BCUT2D eigenvalue weighted by Gasteiger charge is -2.26. The van der Waals surface area contributed by atoms with Gasteiger partial charge in [0, 0.05) is 18.8 Å². The van der Waals surface area contributed by atoms with Gasteiger partial charge in [0.2, 0.25) is 5.91 Å². The molecule has 1 rings (SSSR count). The Morgan fingerprint density at radius 3 is 2.62 bits per heavy atom. The van der Waals surface area contributed by atoms with Crippen molar-refractivity contribution >= 4 is 23.6 Å². The molecule has 0 aromatic heterocycles. The molecule has 1 N–H and O–H groups in total. The molecule has 1 atom stereocenters. The molecule has 1 fully saturated rings. The predicted molar refractivity (Wildman–Crippen MR) is 61.5 cm³/mol. The second kappa shape index (κ2) is 6.75. The molecule has 92 valence electrons. The van der Waals surface area contributed by atoms with Crippen molar-refractivity contribution in [3.63, 3.8) is 0 Å². The number of rotatable bonds is 5. The van der Waals surface area contributed by atoms with E-state index in [1.165, 1.54) is 11.8 Å². The van der Waals surface area contributed by atoms with E-state index in [1.54, 1.807) is 11.8 Å². The maximum atomic E-state index is 11.7.